The minimum atomic E-state index is -0.792. The number of anilines is 1. The van der Waals surface area contributed by atoms with E-state index in [9.17, 15) is 19.2 Å². The summed E-state index contributed by atoms with van der Waals surface area (Å²) in [7, 11) is 0. The van der Waals surface area contributed by atoms with Crippen molar-refractivity contribution in [2.75, 3.05) is 25.4 Å². The van der Waals surface area contributed by atoms with E-state index in [-0.39, 0.29) is 46.2 Å². The Morgan fingerprint density at radius 3 is 2.13 bits per heavy atom. The largest absolute Gasteiger partial charge is 0.452 e. The summed E-state index contributed by atoms with van der Waals surface area (Å²) in [5.41, 5.74) is 6.74. The molecule has 2 N–H and O–H groups in total. The fourth-order valence-corrected chi connectivity index (χ4v) is 4.18. The molecule has 4 rings (SSSR count). The molecule has 1 aliphatic carbocycles. The maximum absolute atomic E-state index is 12.9. The van der Waals surface area contributed by atoms with Gasteiger partial charge in [0.1, 0.15) is 0 Å². The van der Waals surface area contributed by atoms with Gasteiger partial charge in [-0.25, -0.2) is 4.79 Å². The Morgan fingerprint density at radius 1 is 0.839 bits per heavy atom. The highest BCUT2D eigenvalue weighted by Crippen LogP contribution is 2.32. The van der Waals surface area contributed by atoms with Gasteiger partial charge in [0.15, 0.2) is 18.2 Å². The number of benzene rings is 2. The normalized spacial score (nSPS) is 16.1. The van der Waals surface area contributed by atoms with Crippen LogP contribution in [-0.2, 0) is 9.53 Å². The van der Waals surface area contributed by atoms with Crippen LogP contribution in [0.25, 0.3) is 0 Å². The lowest BCUT2D eigenvalue weighted by molar-refractivity contribution is -0.134. The second-order valence-corrected chi connectivity index (χ2v) is 7.88. The first-order chi connectivity index (χ1) is 15.0. The van der Waals surface area contributed by atoms with Gasteiger partial charge in [-0.1, -0.05) is 43.5 Å². The van der Waals surface area contributed by atoms with Gasteiger partial charge in [-0.15, -0.1) is 0 Å². The predicted molar refractivity (Wildman–Crippen MR) is 114 cm³/mol. The number of nitrogens with zero attached hydrogens (tertiary/aromatic N) is 1. The summed E-state index contributed by atoms with van der Waals surface area (Å²) in [6.45, 7) is 0.936. The van der Waals surface area contributed by atoms with E-state index in [0.29, 0.717) is 18.7 Å². The lowest BCUT2D eigenvalue weighted by Crippen LogP contribution is -2.37. The van der Waals surface area contributed by atoms with E-state index in [1.807, 2.05) is 0 Å². The molecule has 31 heavy (non-hydrogen) atoms. The van der Waals surface area contributed by atoms with Crippen molar-refractivity contribution in [2.45, 2.75) is 32.1 Å². The smallest absolute Gasteiger partial charge is 0.340 e. The van der Waals surface area contributed by atoms with Crippen LogP contribution in [0.3, 0.4) is 0 Å². The van der Waals surface area contributed by atoms with Crippen LogP contribution in [-0.4, -0.2) is 48.0 Å². The number of carbonyl (C=O) groups excluding carboxylic acids is 4. The van der Waals surface area contributed by atoms with Gasteiger partial charge in [0.05, 0.1) is 16.8 Å². The maximum Gasteiger partial charge on any atom is 0.340 e. The minimum Gasteiger partial charge on any atom is -0.452 e. The Bertz CT molecular complexity index is 1070. The zero-order valence-corrected chi connectivity index (χ0v) is 17.2. The van der Waals surface area contributed by atoms with Gasteiger partial charge >= 0.3 is 5.97 Å². The summed E-state index contributed by atoms with van der Waals surface area (Å²) in [6.07, 6.45) is 5.24. The zero-order valence-electron chi connectivity index (χ0n) is 17.2. The van der Waals surface area contributed by atoms with Crippen LogP contribution >= 0.6 is 0 Å². The number of carbonyl (C=O) groups is 4. The minimum absolute atomic E-state index is 0.00763. The molecule has 2 aliphatic rings. The molecular weight excluding hydrogens is 396 g/mol. The number of amides is 1. The number of esters is 1. The molecule has 1 heterocycles. The van der Waals surface area contributed by atoms with Crippen LogP contribution in [0, 0.1) is 0 Å². The molecule has 1 aliphatic heterocycles. The third-order valence-corrected chi connectivity index (χ3v) is 5.89. The summed E-state index contributed by atoms with van der Waals surface area (Å²) in [6, 6.07) is 9.29. The van der Waals surface area contributed by atoms with Gasteiger partial charge < -0.3 is 15.4 Å². The third kappa shape index (κ3) is 3.95. The van der Waals surface area contributed by atoms with Crippen LogP contribution in [0.4, 0.5) is 5.69 Å². The molecule has 160 valence electrons. The van der Waals surface area contributed by atoms with E-state index in [1.165, 1.54) is 18.6 Å². The molecule has 2 aromatic carbocycles. The van der Waals surface area contributed by atoms with E-state index in [4.69, 9.17) is 10.5 Å². The fourth-order valence-electron chi connectivity index (χ4n) is 4.18. The van der Waals surface area contributed by atoms with E-state index < -0.39 is 11.8 Å². The maximum atomic E-state index is 12.9. The Morgan fingerprint density at radius 2 is 1.45 bits per heavy atom. The highest BCUT2D eigenvalue weighted by Gasteiger charge is 2.33. The van der Waals surface area contributed by atoms with E-state index in [1.54, 1.807) is 29.2 Å². The molecule has 7 nitrogen and oxygen atoms in total. The molecule has 0 saturated carbocycles. The molecule has 0 bridgehead atoms. The first kappa shape index (κ1) is 20.8. The summed E-state index contributed by atoms with van der Waals surface area (Å²) in [4.78, 5) is 52.5. The average molecular weight is 420 g/mol. The second kappa shape index (κ2) is 8.71. The number of hydrogen-bond donors (Lipinski definition) is 1. The molecule has 0 aromatic heterocycles. The molecule has 2 aromatic rings. The Hall–Kier alpha value is -3.48. The second-order valence-electron chi connectivity index (χ2n) is 7.88. The van der Waals surface area contributed by atoms with E-state index in [2.05, 4.69) is 0 Å². The first-order valence-corrected chi connectivity index (χ1v) is 10.5. The number of likely N-dealkylation sites (tertiary alicyclic amines) is 1. The van der Waals surface area contributed by atoms with Gasteiger partial charge in [0.2, 0.25) is 0 Å². The highest BCUT2D eigenvalue weighted by atomic mass is 16.5. The van der Waals surface area contributed by atoms with Gasteiger partial charge in [-0.05, 0) is 25.0 Å². The van der Waals surface area contributed by atoms with Crippen molar-refractivity contribution in [3.63, 3.8) is 0 Å². The quantitative estimate of drug-likeness (QED) is 0.516. The van der Waals surface area contributed by atoms with Gasteiger partial charge in [-0.2, -0.15) is 0 Å². The molecular formula is C24H24N2O5. The molecule has 0 atom stereocenters. The van der Waals surface area contributed by atoms with Crippen LogP contribution in [0.15, 0.2) is 36.4 Å². The van der Waals surface area contributed by atoms with Crippen LogP contribution < -0.4 is 5.73 Å². The van der Waals surface area contributed by atoms with Gasteiger partial charge in [-0.3, -0.25) is 14.4 Å². The van der Waals surface area contributed by atoms with E-state index in [0.717, 1.165) is 25.7 Å². The van der Waals surface area contributed by atoms with Crippen molar-refractivity contribution in [3.8, 4) is 0 Å². The van der Waals surface area contributed by atoms with Crippen molar-refractivity contribution in [2.24, 2.45) is 0 Å². The van der Waals surface area contributed by atoms with Gasteiger partial charge in [0.25, 0.3) is 5.91 Å². The Balaban J connectivity index is 1.51. The van der Waals surface area contributed by atoms with Gasteiger partial charge in [0, 0.05) is 29.8 Å². The highest BCUT2D eigenvalue weighted by molar-refractivity contribution is 6.30. The van der Waals surface area contributed by atoms with Crippen molar-refractivity contribution < 1.29 is 23.9 Å². The van der Waals surface area contributed by atoms with Crippen molar-refractivity contribution >= 4 is 29.1 Å². The van der Waals surface area contributed by atoms with Crippen LogP contribution in [0.2, 0.25) is 0 Å². The van der Waals surface area contributed by atoms with Crippen molar-refractivity contribution in [3.05, 3.63) is 64.2 Å². The number of ether oxygens (including phenoxy) is 1. The Labute approximate surface area is 180 Å². The Kier molecular flexibility index (Phi) is 5.84. The van der Waals surface area contributed by atoms with Crippen LogP contribution in [0.5, 0.6) is 0 Å². The molecule has 0 unspecified atom stereocenters. The monoisotopic (exact) mass is 420 g/mol. The summed E-state index contributed by atoms with van der Waals surface area (Å²) < 4.78 is 5.21. The number of nitrogen functional groups attached to an aromatic ring is 1. The topological polar surface area (TPSA) is 107 Å². The zero-order chi connectivity index (χ0) is 22.0. The molecule has 1 fully saturated rings. The lowest BCUT2D eigenvalue weighted by Gasteiger charge is -2.24. The summed E-state index contributed by atoms with van der Waals surface area (Å²) in [5.74, 6) is -1.76. The molecule has 0 spiro atoms. The lowest BCUT2D eigenvalue weighted by atomic mass is 9.82. The number of hydrogen-bond acceptors (Lipinski definition) is 6. The van der Waals surface area contributed by atoms with Crippen LogP contribution in [0.1, 0.15) is 74.3 Å². The standard InChI is InChI=1S/C24H24N2O5/c25-21-18(24(30)31-14-19(27)26-12-6-2-1-3-7-13-26)11-10-17-20(21)23(29)16-9-5-4-8-15(16)22(17)28/h4-5,8-11H,1-3,6-7,12-14,25H2. The summed E-state index contributed by atoms with van der Waals surface area (Å²) in [5, 5.41) is 0. The SMILES string of the molecule is Nc1c(C(=O)OCC(=O)N2CCCCCCC2)ccc2c1C(=O)c1ccccc1C2=O. The number of nitrogens with two attached hydrogens (primary N) is 1. The van der Waals surface area contributed by atoms with Crippen molar-refractivity contribution in [1.82, 2.24) is 4.90 Å². The molecule has 7 heteroatoms. The number of rotatable bonds is 3. The first-order valence-electron chi connectivity index (χ1n) is 10.5. The molecule has 1 amide bonds. The molecule has 1 saturated heterocycles. The molecule has 0 radical (unpaired) electrons. The predicted octanol–water partition coefficient (Wildman–Crippen LogP) is 2.99. The number of fused-ring (bicyclic) bond motifs is 2. The number of ketones is 2. The third-order valence-electron chi connectivity index (χ3n) is 5.89. The average Bonchev–Trinajstić information content (AvgIpc) is 2.75. The van der Waals surface area contributed by atoms with Crippen molar-refractivity contribution in [1.29, 1.82) is 0 Å². The summed E-state index contributed by atoms with van der Waals surface area (Å²) >= 11 is 0. The van der Waals surface area contributed by atoms with E-state index >= 15 is 0 Å². The fraction of sp³-hybridized carbons (Fsp3) is 0.333.